The third-order valence-corrected chi connectivity index (χ3v) is 6.06. The lowest BCUT2D eigenvalue weighted by atomic mass is 10.0. The number of likely N-dealkylation sites (tertiary alicyclic amines) is 2. The lowest BCUT2D eigenvalue weighted by molar-refractivity contribution is 0.152. The highest BCUT2D eigenvalue weighted by Crippen LogP contribution is 2.30. The van der Waals surface area contributed by atoms with E-state index in [1.807, 2.05) is 18.2 Å². The van der Waals surface area contributed by atoms with Crippen molar-refractivity contribution in [3.8, 4) is 11.8 Å². The van der Waals surface area contributed by atoms with Gasteiger partial charge in [0.1, 0.15) is 6.61 Å². The van der Waals surface area contributed by atoms with E-state index < -0.39 is 0 Å². The van der Waals surface area contributed by atoms with Crippen LogP contribution >= 0.6 is 0 Å². The zero-order valence-electron chi connectivity index (χ0n) is 17.3. The van der Waals surface area contributed by atoms with Crippen LogP contribution in [0.1, 0.15) is 42.9 Å². The van der Waals surface area contributed by atoms with Gasteiger partial charge in [0.15, 0.2) is 0 Å². The summed E-state index contributed by atoms with van der Waals surface area (Å²) < 4.78 is 5.80. The van der Waals surface area contributed by atoms with Gasteiger partial charge in [-0.1, -0.05) is 72.5 Å². The molecule has 152 valence electrons. The third kappa shape index (κ3) is 5.70. The Morgan fingerprint density at radius 3 is 2.38 bits per heavy atom. The van der Waals surface area contributed by atoms with Crippen molar-refractivity contribution in [3.63, 3.8) is 0 Å². The molecule has 0 aliphatic carbocycles. The van der Waals surface area contributed by atoms with Crippen LogP contribution in [0.5, 0.6) is 0 Å². The van der Waals surface area contributed by atoms with E-state index in [4.69, 9.17) is 4.74 Å². The largest absolute Gasteiger partial charge is 0.364 e. The quantitative estimate of drug-likeness (QED) is 0.513. The molecule has 2 saturated heterocycles. The van der Waals surface area contributed by atoms with Crippen molar-refractivity contribution in [2.24, 2.45) is 0 Å². The Kier molecular flexibility index (Phi) is 7.37. The number of benzene rings is 2. The molecule has 0 spiro atoms. The van der Waals surface area contributed by atoms with Gasteiger partial charge in [0.05, 0.1) is 12.6 Å². The summed E-state index contributed by atoms with van der Waals surface area (Å²) >= 11 is 0. The second-order valence-corrected chi connectivity index (χ2v) is 8.15. The zero-order chi connectivity index (χ0) is 19.7. The maximum Gasteiger partial charge on any atom is 0.108 e. The molecule has 2 aliphatic rings. The molecule has 0 amide bonds. The minimum Gasteiger partial charge on any atom is -0.364 e. The fraction of sp³-hybridized carbons (Fsp3) is 0.462. The van der Waals surface area contributed by atoms with Gasteiger partial charge in [-0.2, -0.15) is 0 Å². The predicted molar refractivity (Wildman–Crippen MR) is 118 cm³/mol. The van der Waals surface area contributed by atoms with Crippen LogP contribution in [0.4, 0.5) is 0 Å². The summed E-state index contributed by atoms with van der Waals surface area (Å²) in [5.41, 5.74) is 2.50. The highest BCUT2D eigenvalue weighted by Gasteiger charge is 2.32. The minimum atomic E-state index is 0.159. The van der Waals surface area contributed by atoms with Gasteiger partial charge >= 0.3 is 0 Å². The fourth-order valence-corrected chi connectivity index (χ4v) is 4.58. The molecule has 2 unspecified atom stereocenters. The summed E-state index contributed by atoms with van der Waals surface area (Å²) in [6.45, 7) is 5.95. The number of hydrogen-bond acceptors (Lipinski definition) is 3. The van der Waals surface area contributed by atoms with Crippen LogP contribution in [0, 0.1) is 11.8 Å². The van der Waals surface area contributed by atoms with Gasteiger partial charge in [-0.05, 0) is 49.9 Å². The van der Waals surface area contributed by atoms with Crippen LogP contribution in [0.25, 0.3) is 0 Å². The van der Waals surface area contributed by atoms with Crippen molar-refractivity contribution in [3.05, 3.63) is 71.8 Å². The maximum absolute atomic E-state index is 5.80. The maximum atomic E-state index is 5.80. The zero-order valence-corrected chi connectivity index (χ0v) is 17.3. The molecule has 0 aromatic heterocycles. The van der Waals surface area contributed by atoms with E-state index in [0.717, 1.165) is 6.54 Å². The molecule has 2 atom stereocenters. The van der Waals surface area contributed by atoms with E-state index in [1.165, 1.54) is 56.4 Å². The van der Waals surface area contributed by atoms with Crippen molar-refractivity contribution >= 4 is 0 Å². The molecule has 0 saturated carbocycles. The van der Waals surface area contributed by atoms with Gasteiger partial charge in [0.25, 0.3) is 0 Å². The Labute approximate surface area is 175 Å². The number of ether oxygens (including phenoxy) is 1. The van der Waals surface area contributed by atoms with E-state index in [9.17, 15) is 0 Å². The summed E-state index contributed by atoms with van der Waals surface area (Å²) in [4.78, 5) is 5.28. The lowest BCUT2D eigenvalue weighted by Gasteiger charge is -2.32. The molecule has 0 bridgehead atoms. The Bertz CT molecular complexity index is 790. The first-order chi connectivity index (χ1) is 14.4. The molecule has 3 heteroatoms. The first kappa shape index (κ1) is 20.2. The first-order valence-electron chi connectivity index (χ1n) is 11.0. The Morgan fingerprint density at radius 2 is 1.62 bits per heavy atom. The van der Waals surface area contributed by atoms with E-state index in [-0.39, 0.29) is 6.04 Å². The molecular weight excluding hydrogens is 356 g/mol. The van der Waals surface area contributed by atoms with Crippen LogP contribution in [-0.2, 0) is 11.3 Å². The summed E-state index contributed by atoms with van der Waals surface area (Å²) in [5, 5.41) is 0. The van der Waals surface area contributed by atoms with Crippen molar-refractivity contribution in [1.29, 1.82) is 0 Å². The Balaban J connectivity index is 1.41. The van der Waals surface area contributed by atoms with E-state index in [0.29, 0.717) is 19.3 Å². The van der Waals surface area contributed by atoms with Crippen molar-refractivity contribution < 1.29 is 4.74 Å². The second-order valence-electron chi connectivity index (χ2n) is 8.15. The lowest BCUT2D eigenvalue weighted by Crippen LogP contribution is -2.41. The van der Waals surface area contributed by atoms with Crippen molar-refractivity contribution in [2.75, 3.05) is 32.8 Å². The fourth-order valence-electron chi connectivity index (χ4n) is 4.58. The monoisotopic (exact) mass is 388 g/mol. The van der Waals surface area contributed by atoms with Crippen LogP contribution in [0.15, 0.2) is 60.7 Å². The SMILES string of the molecule is C(#CC(c1ccccc1)N1CCCC1CN1CCCC1)COCc1ccccc1. The second kappa shape index (κ2) is 10.6. The summed E-state index contributed by atoms with van der Waals surface area (Å²) in [5.74, 6) is 6.87. The molecule has 2 aromatic carbocycles. The molecule has 29 heavy (non-hydrogen) atoms. The van der Waals surface area contributed by atoms with Gasteiger partial charge < -0.3 is 9.64 Å². The standard InChI is InChI=1S/C26H32N2O/c1-3-11-23(12-4-1)22-29-20-10-16-26(24-13-5-2-6-14-24)28-19-9-15-25(28)21-27-17-7-8-18-27/h1-6,11-14,25-26H,7-9,15,17-22H2. The highest BCUT2D eigenvalue weighted by atomic mass is 16.5. The Morgan fingerprint density at radius 1 is 0.897 bits per heavy atom. The molecule has 0 N–H and O–H groups in total. The van der Waals surface area contributed by atoms with E-state index in [2.05, 4.69) is 64.1 Å². The molecule has 3 nitrogen and oxygen atoms in total. The van der Waals surface area contributed by atoms with Gasteiger partial charge in [-0.15, -0.1) is 0 Å². The number of nitrogens with zero attached hydrogens (tertiary/aromatic N) is 2. The molecule has 2 aromatic rings. The van der Waals surface area contributed by atoms with Crippen LogP contribution < -0.4 is 0 Å². The normalized spacial score (nSPS) is 21.0. The third-order valence-electron chi connectivity index (χ3n) is 6.06. The van der Waals surface area contributed by atoms with Gasteiger partial charge in [0.2, 0.25) is 0 Å². The van der Waals surface area contributed by atoms with E-state index in [1.54, 1.807) is 0 Å². The molecule has 2 aliphatic heterocycles. The van der Waals surface area contributed by atoms with Crippen LogP contribution in [0.3, 0.4) is 0 Å². The minimum absolute atomic E-state index is 0.159. The average Bonchev–Trinajstić information content (AvgIpc) is 3.45. The van der Waals surface area contributed by atoms with Gasteiger partial charge in [-0.25, -0.2) is 0 Å². The van der Waals surface area contributed by atoms with E-state index >= 15 is 0 Å². The predicted octanol–water partition coefficient (Wildman–Crippen LogP) is 4.51. The number of rotatable bonds is 7. The Hall–Kier alpha value is -2.12. The average molecular weight is 389 g/mol. The van der Waals surface area contributed by atoms with Gasteiger partial charge in [0, 0.05) is 19.1 Å². The van der Waals surface area contributed by atoms with Crippen LogP contribution in [0.2, 0.25) is 0 Å². The van der Waals surface area contributed by atoms with Crippen LogP contribution in [-0.4, -0.2) is 48.6 Å². The first-order valence-corrected chi connectivity index (χ1v) is 11.0. The summed E-state index contributed by atoms with van der Waals surface area (Å²) in [6.07, 6.45) is 5.26. The highest BCUT2D eigenvalue weighted by molar-refractivity contribution is 5.28. The number of hydrogen-bond donors (Lipinski definition) is 0. The van der Waals surface area contributed by atoms with Crippen molar-refractivity contribution in [2.45, 2.75) is 44.4 Å². The summed E-state index contributed by atoms with van der Waals surface area (Å²) in [6, 6.07) is 21.8. The molecule has 2 heterocycles. The molecule has 0 radical (unpaired) electrons. The molecule has 2 fully saturated rings. The smallest absolute Gasteiger partial charge is 0.108 e. The summed E-state index contributed by atoms with van der Waals surface area (Å²) in [7, 11) is 0. The molecule has 4 rings (SSSR count). The van der Waals surface area contributed by atoms with Crippen molar-refractivity contribution in [1.82, 2.24) is 9.80 Å². The topological polar surface area (TPSA) is 15.7 Å². The van der Waals surface area contributed by atoms with Gasteiger partial charge in [-0.3, -0.25) is 4.90 Å². The molecular formula is C26H32N2O.